The molecule has 0 atom stereocenters. The van der Waals surface area contributed by atoms with Crippen LogP contribution in [0.4, 0.5) is 5.69 Å². The molecule has 2 aromatic heterocycles. The van der Waals surface area contributed by atoms with E-state index in [1.54, 1.807) is 16.7 Å². The molecule has 88 valence electrons. The minimum absolute atomic E-state index is 0.421. The second-order valence-electron chi connectivity index (χ2n) is 3.93. The Balaban J connectivity index is 2.01. The van der Waals surface area contributed by atoms with E-state index in [2.05, 4.69) is 11.1 Å². The zero-order chi connectivity index (χ0) is 12.5. The van der Waals surface area contributed by atoms with E-state index in [0.29, 0.717) is 34.9 Å². The maximum absolute atomic E-state index is 8.93. The van der Waals surface area contributed by atoms with Crippen LogP contribution in [0.3, 0.4) is 0 Å². The van der Waals surface area contributed by atoms with Crippen molar-refractivity contribution < 1.29 is 4.42 Å². The number of oxazole rings is 1. The summed E-state index contributed by atoms with van der Waals surface area (Å²) in [5.41, 5.74) is 8.31. The van der Waals surface area contributed by atoms with Crippen LogP contribution in [0.5, 0.6) is 0 Å². The van der Waals surface area contributed by atoms with Gasteiger partial charge in [-0.25, -0.2) is 4.98 Å². The molecule has 0 aliphatic rings. The predicted molar refractivity (Wildman–Crippen MR) is 66.7 cm³/mol. The van der Waals surface area contributed by atoms with Gasteiger partial charge in [0.1, 0.15) is 17.3 Å². The Morgan fingerprint density at radius 1 is 1.33 bits per heavy atom. The van der Waals surface area contributed by atoms with Gasteiger partial charge >= 0.3 is 0 Å². The van der Waals surface area contributed by atoms with Gasteiger partial charge in [0.25, 0.3) is 0 Å². The Labute approximate surface area is 103 Å². The van der Waals surface area contributed by atoms with Crippen molar-refractivity contribution in [2.45, 2.75) is 6.54 Å². The number of anilines is 1. The molecule has 0 bridgehead atoms. The molecule has 0 saturated carbocycles. The Morgan fingerprint density at radius 3 is 3.00 bits per heavy atom. The first-order chi connectivity index (χ1) is 8.78. The number of fused-ring (bicyclic) bond motifs is 1. The highest BCUT2D eigenvalue weighted by Crippen LogP contribution is 2.21. The van der Waals surface area contributed by atoms with Crippen molar-refractivity contribution in [3.63, 3.8) is 0 Å². The van der Waals surface area contributed by atoms with Gasteiger partial charge in [-0.2, -0.15) is 5.26 Å². The molecule has 3 rings (SSSR count). The van der Waals surface area contributed by atoms with Gasteiger partial charge in [0.05, 0.1) is 12.2 Å². The number of para-hydroxylation sites is 1. The Morgan fingerprint density at radius 2 is 2.22 bits per heavy atom. The molecule has 0 aliphatic carbocycles. The van der Waals surface area contributed by atoms with Crippen molar-refractivity contribution in [1.29, 1.82) is 5.26 Å². The third-order valence-corrected chi connectivity index (χ3v) is 2.74. The summed E-state index contributed by atoms with van der Waals surface area (Å²) in [7, 11) is 0. The third kappa shape index (κ3) is 1.60. The van der Waals surface area contributed by atoms with Crippen molar-refractivity contribution >= 4 is 16.8 Å². The fraction of sp³-hybridized carbons (Fsp3) is 0.0769. The number of nitrogens with two attached hydrogens (primary N) is 1. The van der Waals surface area contributed by atoms with E-state index in [4.69, 9.17) is 15.4 Å². The topological polar surface area (TPSA) is 80.8 Å². The molecule has 3 aromatic rings. The maximum Gasteiger partial charge on any atom is 0.215 e. The standard InChI is InChI=1S/C13H10N4O/c14-7-9-3-2-6-17(9)8-12-16-13-10(15)4-1-5-11(13)18-12/h1-6H,8,15H2. The van der Waals surface area contributed by atoms with Crippen LogP contribution in [-0.2, 0) is 6.54 Å². The first kappa shape index (κ1) is 10.4. The fourth-order valence-electron chi connectivity index (χ4n) is 1.88. The van der Waals surface area contributed by atoms with Gasteiger partial charge in [-0.05, 0) is 24.3 Å². The van der Waals surface area contributed by atoms with Gasteiger partial charge in [-0.1, -0.05) is 6.07 Å². The molecule has 1 aromatic carbocycles. The van der Waals surface area contributed by atoms with E-state index >= 15 is 0 Å². The molecule has 2 N–H and O–H groups in total. The normalized spacial score (nSPS) is 10.6. The Kier molecular flexibility index (Phi) is 2.27. The summed E-state index contributed by atoms with van der Waals surface area (Å²) in [6.45, 7) is 0.421. The van der Waals surface area contributed by atoms with E-state index in [0.717, 1.165) is 0 Å². The Bertz CT molecular complexity index is 748. The summed E-state index contributed by atoms with van der Waals surface area (Å²) >= 11 is 0. The van der Waals surface area contributed by atoms with Crippen LogP contribution in [0.1, 0.15) is 11.6 Å². The molecule has 0 radical (unpaired) electrons. The van der Waals surface area contributed by atoms with Crippen molar-refractivity contribution in [2.24, 2.45) is 0 Å². The highest BCUT2D eigenvalue weighted by atomic mass is 16.3. The minimum atomic E-state index is 0.421. The van der Waals surface area contributed by atoms with Gasteiger partial charge in [-0.3, -0.25) is 0 Å². The number of benzene rings is 1. The second-order valence-corrected chi connectivity index (χ2v) is 3.93. The number of rotatable bonds is 2. The fourth-order valence-corrected chi connectivity index (χ4v) is 1.88. The summed E-state index contributed by atoms with van der Waals surface area (Å²) in [5.74, 6) is 0.538. The molecule has 0 spiro atoms. The molecule has 0 saturated heterocycles. The lowest BCUT2D eigenvalue weighted by Gasteiger charge is -1.99. The largest absolute Gasteiger partial charge is 0.439 e. The highest BCUT2D eigenvalue weighted by Gasteiger charge is 2.09. The minimum Gasteiger partial charge on any atom is -0.439 e. The molecule has 0 aliphatic heterocycles. The Hall–Kier alpha value is -2.74. The van der Waals surface area contributed by atoms with Gasteiger partial charge in [-0.15, -0.1) is 0 Å². The summed E-state index contributed by atoms with van der Waals surface area (Å²) in [6, 6.07) is 11.1. The number of aromatic nitrogens is 2. The van der Waals surface area contributed by atoms with Crippen LogP contribution in [0.15, 0.2) is 40.9 Å². The van der Waals surface area contributed by atoms with Gasteiger partial charge < -0.3 is 14.7 Å². The van der Waals surface area contributed by atoms with Gasteiger partial charge in [0.2, 0.25) is 5.89 Å². The second kappa shape index (κ2) is 3.93. The van der Waals surface area contributed by atoms with Crippen molar-refractivity contribution in [2.75, 3.05) is 5.73 Å². The van der Waals surface area contributed by atoms with Crippen LogP contribution in [0.25, 0.3) is 11.1 Å². The third-order valence-electron chi connectivity index (χ3n) is 2.74. The van der Waals surface area contributed by atoms with Gasteiger partial charge in [0, 0.05) is 6.20 Å². The number of hydrogen-bond acceptors (Lipinski definition) is 4. The summed E-state index contributed by atoms with van der Waals surface area (Å²) in [5, 5.41) is 8.93. The summed E-state index contributed by atoms with van der Waals surface area (Å²) < 4.78 is 7.38. The molecule has 18 heavy (non-hydrogen) atoms. The average Bonchev–Trinajstić information content (AvgIpc) is 2.96. The van der Waals surface area contributed by atoms with E-state index in [9.17, 15) is 0 Å². The van der Waals surface area contributed by atoms with E-state index in [-0.39, 0.29) is 0 Å². The van der Waals surface area contributed by atoms with E-state index in [1.165, 1.54) is 0 Å². The lowest BCUT2D eigenvalue weighted by atomic mass is 10.3. The van der Waals surface area contributed by atoms with Crippen LogP contribution < -0.4 is 5.73 Å². The lowest BCUT2D eigenvalue weighted by Crippen LogP contribution is -2.00. The van der Waals surface area contributed by atoms with Crippen molar-refractivity contribution in [3.05, 3.63) is 48.1 Å². The number of nitrogens with zero attached hydrogens (tertiary/aromatic N) is 3. The molecule has 0 fully saturated rings. The summed E-state index contributed by atoms with van der Waals surface area (Å²) in [4.78, 5) is 4.34. The molecular formula is C13H10N4O. The van der Waals surface area contributed by atoms with Gasteiger partial charge in [0.15, 0.2) is 5.58 Å². The SMILES string of the molecule is N#Cc1cccn1Cc1nc2c(N)cccc2o1. The molecule has 0 unspecified atom stereocenters. The zero-order valence-corrected chi connectivity index (χ0v) is 9.50. The van der Waals surface area contributed by atoms with Crippen LogP contribution in [0.2, 0.25) is 0 Å². The summed E-state index contributed by atoms with van der Waals surface area (Å²) in [6.07, 6.45) is 1.82. The lowest BCUT2D eigenvalue weighted by molar-refractivity contribution is 0.508. The average molecular weight is 238 g/mol. The van der Waals surface area contributed by atoms with Crippen LogP contribution in [0, 0.1) is 11.3 Å². The zero-order valence-electron chi connectivity index (χ0n) is 9.50. The first-order valence-corrected chi connectivity index (χ1v) is 5.47. The molecular weight excluding hydrogens is 228 g/mol. The number of nitriles is 1. The quantitative estimate of drug-likeness (QED) is 0.693. The van der Waals surface area contributed by atoms with Crippen LogP contribution >= 0.6 is 0 Å². The molecule has 0 amide bonds. The maximum atomic E-state index is 8.93. The predicted octanol–water partition coefficient (Wildman–Crippen LogP) is 2.13. The highest BCUT2D eigenvalue weighted by molar-refractivity contribution is 5.85. The number of nitrogen functional groups attached to an aromatic ring is 1. The monoisotopic (exact) mass is 238 g/mol. The van der Waals surface area contributed by atoms with Crippen LogP contribution in [-0.4, -0.2) is 9.55 Å². The van der Waals surface area contributed by atoms with Crippen molar-refractivity contribution in [3.8, 4) is 6.07 Å². The molecule has 5 heteroatoms. The van der Waals surface area contributed by atoms with E-state index < -0.39 is 0 Å². The number of hydrogen-bond donors (Lipinski definition) is 1. The van der Waals surface area contributed by atoms with E-state index in [1.807, 2.05) is 24.4 Å². The first-order valence-electron chi connectivity index (χ1n) is 5.47. The smallest absolute Gasteiger partial charge is 0.215 e. The van der Waals surface area contributed by atoms with Crippen molar-refractivity contribution in [1.82, 2.24) is 9.55 Å². The molecule has 2 heterocycles. The molecule has 5 nitrogen and oxygen atoms in total.